The molecule has 1 atom stereocenters. The molecule has 5 nitrogen and oxygen atoms in total. The van der Waals surface area contributed by atoms with Crippen LogP contribution in [0.2, 0.25) is 5.02 Å². The van der Waals surface area contributed by atoms with E-state index in [2.05, 4.69) is 10.6 Å². The van der Waals surface area contributed by atoms with Crippen molar-refractivity contribution in [2.75, 3.05) is 20.3 Å². The van der Waals surface area contributed by atoms with Gasteiger partial charge in [0.1, 0.15) is 0 Å². The number of carbonyl (C=O) groups is 2. The average Bonchev–Trinajstić information content (AvgIpc) is 2.65. The minimum absolute atomic E-state index is 0.130. The Morgan fingerprint density at radius 3 is 2.46 bits per heavy atom. The molecule has 0 aromatic heterocycles. The van der Waals surface area contributed by atoms with Crippen molar-refractivity contribution in [2.24, 2.45) is 0 Å². The van der Waals surface area contributed by atoms with Gasteiger partial charge in [0, 0.05) is 20.3 Å². The van der Waals surface area contributed by atoms with E-state index in [0.29, 0.717) is 23.7 Å². The van der Waals surface area contributed by atoms with Crippen molar-refractivity contribution in [3.8, 4) is 0 Å². The molecule has 1 unspecified atom stereocenters. The summed E-state index contributed by atoms with van der Waals surface area (Å²) in [5.74, 6) is -0.439. The molecule has 6 heteroatoms. The van der Waals surface area contributed by atoms with Crippen LogP contribution >= 0.6 is 11.6 Å². The molecule has 0 saturated carbocycles. The maximum absolute atomic E-state index is 12.6. The number of amides is 2. The van der Waals surface area contributed by atoms with E-state index in [9.17, 15) is 9.59 Å². The van der Waals surface area contributed by atoms with E-state index in [0.717, 1.165) is 12.0 Å². The minimum atomic E-state index is -0.442. The van der Waals surface area contributed by atoms with Crippen LogP contribution < -0.4 is 10.6 Å². The predicted octanol–water partition coefficient (Wildman–Crippen LogP) is 3.35. The Labute approximate surface area is 158 Å². The molecule has 0 bridgehead atoms. The number of carbonyl (C=O) groups excluding carboxylic acids is 2. The zero-order chi connectivity index (χ0) is 18.8. The lowest BCUT2D eigenvalue weighted by Crippen LogP contribution is -2.34. The molecule has 0 saturated heterocycles. The second kappa shape index (κ2) is 10.6. The number of nitrogens with one attached hydrogen (secondary N) is 2. The first-order valence-electron chi connectivity index (χ1n) is 8.47. The first-order valence-corrected chi connectivity index (χ1v) is 8.85. The lowest BCUT2D eigenvalue weighted by Gasteiger charge is -2.19. The monoisotopic (exact) mass is 374 g/mol. The van der Waals surface area contributed by atoms with E-state index < -0.39 is 6.04 Å². The zero-order valence-electron chi connectivity index (χ0n) is 14.7. The molecule has 2 N–H and O–H groups in total. The van der Waals surface area contributed by atoms with E-state index in [-0.39, 0.29) is 18.2 Å². The number of ether oxygens (including phenoxy) is 1. The van der Waals surface area contributed by atoms with Crippen LogP contribution in [0, 0.1) is 0 Å². The Balaban J connectivity index is 2.06. The molecule has 0 fully saturated rings. The molecule has 2 aromatic rings. The molecule has 26 heavy (non-hydrogen) atoms. The minimum Gasteiger partial charge on any atom is -0.385 e. The molecule has 138 valence electrons. The van der Waals surface area contributed by atoms with E-state index >= 15 is 0 Å². The van der Waals surface area contributed by atoms with Crippen molar-refractivity contribution in [1.29, 1.82) is 0 Å². The fourth-order valence-corrected chi connectivity index (χ4v) is 2.74. The predicted molar refractivity (Wildman–Crippen MR) is 102 cm³/mol. The second-order valence-electron chi connectivity index (χ2n) is 5.82. The van der Waals surface area contributed by atoms with Crippen molar-refractivity contribution >= 4 is 23.4 Å². The van der Waals surface area contributed by atoms with Crippen LogP contribution in [0.1, 0.15) is 34.8 Å². The van der Waals surface area contributed by atoms with Crippen LogP contribution in [-0.4, -0.2) is 32.1 Å². The molecular formula is C20H23ClN2O3. The fraction of sp³-hybridized carbons (Fsp3) is 0.300. The van der Waals surface area contributed by atoms with Crippen LogP contribution in [0.25, 0.3) is 0 Å². The summed E-state index contributed by atoms with van der Waals surface area (Å²) >= 11 is 6.10. The quantitative estimate of drug-likeness (QED) is 0.661. The number of methoxy groups -OCH3 is 1. The van der Waals surface area contributed by atoms with Gasteiger partial charge in [-0.05, 0) is 24.1 Å². The SMILES string of the molecule is COCCCNC(=O)CC(NC(=O)c1ccccc1Cl)c1ccccc1. The maximum Gasteiger partial charge on any atom is 0.253 e. The fourth-order valence-electron chi connectivity index (χ4n) is 2.52. The molecule has 0 aliphatic rings. The Bertz CT molecular complexity index is 722. The third kappa shape index (κ3) is 6.17. The normalized spacial score (nSPS) is 11.6. The van der Waals surface area contributed by atoms with Crippen molar-refractivity contribution < 1.29 is 14.3 Å². The largest absolute Gasteiger partial charge is 0.385 e. The molecule has 0 radical (unpaired) electrons. The van der Waals surface area contributed by atoms with E-state index in [4.69, 9.17) is 16.3 Å². The Morgan fingerprint density at radius 1 is 1.08 bits per heavy atom. The molecule has 0 spiro atoms. The highest BCUT2D eigenvalue weighted by Crippen LogP contribution is 2.20. The van der Waals surface area contributed by atoms with Gasteiger partial charge < -0.3 is 15.4 Å². The number of benzene rings is 2. The summed E-state index contributed by atoms with van der Waals surface area (Å²) in [6.45, 7) is 1.12. The molecule has 0 aliphatic heterocycles. The second-order valence-corrected chi connectivity index (χ2v) is 6.22. The topological polar surface area (TPSA) is 67.4 Å². The number of hydrogen-bond acceptors (Lipinski definition) is 3. The highest BCUT2D eigenvalue weighted by molar-refractivity contribution is 6.33. The first-order chi connectivity index (χ1) is 12.6. The smallest absolute Gasteiger partial charge is 0.253 e. The van der Waals surface area contributed by atoms with Crippen LogP contribution in [0.15, 0.2) is 54.6 Å². The van der Waals surface area contributed by atoms with Crippen molar-refractivity contribution in [3.05, 3.63) is 70.7 Å². The summed E-state index contributed by atoms with van der Waals surface area (Å²) < 4.78 is 4.97. The number of hydrogen-bond donors (Lipinski definition) is 2. The van der Waals surface area contributed by atoms with Crippen LogP contribution in [0.3, 0.4) is 0 Å². The first kappa shape index (κ1) is 19.9. The molecule has 2 aromatic carbocycles. The zero-order valence-corrected chi connectivity index (χ0v) is 15.5. The van der Waals surface area contributed by atoms with Crippen LogP contribution in [0.5, 0.6) is 0 Å². The van der Waals surface area contributed by atoms with Gasteiger partial charge in [-0.15, -0.1) is 0 Å². The molecule has 0 heterocycles. The molecule has 0 aliphatic carbocycles. The van der Waals surface area contributed by atoms with Gasteiger partial charge in [-0.2, -0.15) is 0 Å². The van der Waals surface area contributed by atoms with Crippen LogP contribution in [-0.2, 0) is 9.53 Å². The Morgan fingerprint density at radius 2 is 1.77 bits per heavy atom. The van der Waals surface area contributed by atoms with Crippen molar-refractivity contribution in [2.45, 2.75) is 18.9 Å². The van der Waals surface area contributed by atoms with E-state index in [1.54, 1.807) is 31.4 Å². The molecular weight excluding hydrogens is 352 g/mol. The van der Waals surface area contributed by atoms with Gasteiger partial charge >= 0.3 is 0 Å². The highest BCUT2D eigenvalue weighted by Gasteiger charge is 2.20. The lowest BCUT2D eigenvalue weighted by atomic mass is 10.0. The van der Waals surface area contributed by atoms with E-state index in [1.165, 1.54) is 0 Å². The lowest BCUT2D eigenvalue weighted by molar-refractivity contribution is -0.121. The average molecular weight is 375 g/mol. The standard InChI is InChI=1S/C20H23ClN2O3/c1-26-13-7-12-22-19(24)14-18(15-8-3-2-4-9-15)23-20(25)16-10-5-6-11-17(16)21/h2-6,8-11,18H,7,12-14H2,1H3,(H,22,24)(H,23,25). The summed E-state index contributed by atoms with van der Waals surface area (Å²) in [7, 11) is 1.62. The van der Waals surface area contributed by atoms with Crippen LogP contribution in [0.4, 0.5) is 0 Å². The van der Waals surface area contributed by atoms with Gasteiger partial charge in [0.15, 0.2) is 0 Å². The van der Waals surface area contributed by atoms with Gasteiger partial charge in [0.05, 0.1) is 23.0 Å². The third-order valence-electron chi connectivity index (χ3n) is 3.86. The van der Waals surface area contributed by atoms with Gasteiger partial charge in [-0.3, -0.25) is 9.59 Å². The summed E-state index contributed by atoms with van der Waals surface area (Å²) in [5, 5.41) is 6.14. The van der Waals surface area contributed by atoms with Gasteiger partial charge in [-0.25, -0.2) is 0 Å². The molecule has 2 rings (SSSR count). The highest BCUT2D eigenvalue weighted by atomic mass is 35.5. The Kier molecular flexibility index (Phi) is 8.12. The number of rotatable bonds is 9. The Hall–Kier alpha value is -2.37. The van der Waals surface area contributed by atoms with Gasteiger partial charge in [-0.1, -0.05) is 54.1 Å². The number of halogens is 1. The van der Waals surface area contributed by atoms with Gasteiger partial charge in [0.2, 0.25) is 5.91 Å². The maximum atomic E-state index is 12.6. The molecule has 2 amide bonds. The summed E-state index contributed by atoms with van der Waals surface area (Å²) in [6, 6.07) is 15.8. The summed E-state index contributed by atoms with van der Waals surface area (Å²) in [4.78, 5) is 24.8. The van der Waals surface area contributed by atoms with E-state index in [1.807, 2.05) is 30.3 Å². The summed E-state index contributed by atoms with van der Waals surface area (Å²) in [5.41, 5.74) is 1.25. The summed E-state index contributed by atoms with van der Waals surface area (Å²) in [6.07, 6.45) is 0.886. The third-order valence-corrected chi connectivity index (χ3v) is 4.19. The van der Waals surface area contributed by atoms with Gasteiger partial charge in [0.25, 0.3) is 5.91 Å². The van der Waals surface area contributed by atoms with Crippen molar-refractivity contribution in [1.82, 2.24) is 10.6 Å². The van der Waals surface area contributed by atoms with Crippen molar-refractivity contribution in [3.63, 3.8) is 0 Å².